The van der Waals surface area contributed by atoms with Gasteiger partial charge >= 0.3 is 5.97 Å². The molecule has 0 spiro atoms. The quantitative estimate of drug-likeness (QED) is 0.743. The van der Waals surface area contributed by atoms with Gasteiger partial charge in [0, 0.05) is 19.0 Å². The van der Waals surface area contributed by atoms with Crippen LogP contribution in [0.25, 0.3) is 0 Å². The van der Waals surface area contributed by atoms with Crippen LogP contribution in [-0.4, -0.2) is 49.0 Å². The van der Waals surface area contributed by atoms with E-state index in [4.69, 9.17) is 4.74 Å². The number of rotatable bonds is 7. The molecule has 1 saturated heterocycles. The van der Waals surface area contributed by atoms with Gasteiger partial charge < -0.3 is 9.84 Å². The molecular weight excluding hydrogens is 296 g/mol. The zero-order valence-corrected chi connectivity index (χ0v) is 12.3. The molecule has 21 heavy (non-hydrogen) atoms. The number of hydrogen-bond donors (Lipinski definition) is 2. The van der Waals surface area contributed by atoms with Crippen molar-refractivity contribution in [3.8, 4) is 0 Å². The minimum Gasteiger partial charge on any atom is -0.480 e. The van der Waals surface area contributed by atoms with Crippen molar-refractivity contribution < 1.29 is 23.1 Å². The van der Waals surface area contributed by atoms with Gasteiger partial charge in [0.1, 0.15) is 6.04 Å². The number of sulfonamides is 1. The van der Waals surface area contributed by atoms with Crippen molar-refractivity contribution in [2.24, 2.45) is 0 Å². The molecule has 1 aliphatic heterocycles. The van der Waals surface area contributed by atoms with E-state index in [1.165, 1.54) is 12.4 Å². The molecule has 2 rings (SSSR count). The fourth-order valence-corrected chi connectivity index (χ4v) is 3.69. The van der Waals surface area contributed by atoms with Gasteiger partial charge in [0.25, 0.3) is 0 Å². The van der Waals surface area contributed by atoms with Gasteiger partial charge in [-0.1, -0.05) is 0 Å². The second kappa shape index (κ2) is 6.97. The molecule has 1 aromatic heterocycles. The number of hydrogen-bond acceptors (Lipinski definition) is 5. The normalized spacial score (nSPS) is 20.3. The lowest BCUT2D eigenvalue weighted by Gasteiger charge is -2.16. The second-order valence-electron chi connectivity index (χ2n) is 4.98. The van der Waals surface area contributed by atoms with Crippen molar-refractivity contribution in [1.29, 1.82) is 0 Å². The van der Waals surface area contributed by atoms with Crippen molar-refractivity contribution >= 4 is 16.0 Å². The summed E-state index contributed by atoms with van der Waals surface area (Å²) >= 11 is 0. The number of aromatic nitrogens is 1. The largest absolute Gasteiger partial charge is 0.480 e. The van der Waals surface area contributed by atoms with E-state index in [0.717, 1.165) is 6.42 Å². The molecule has 0 bridgehead atoms. The maximum absolute atomic E-state index is 12.0. The lowest BCUT2D eigenvalue weighted by Crippen LogP contribution is -2.44. The van der Waals surface area contributed by atoms with Crippen molar-refractivity contribution in [2.45, 2.75) is 31.4 Å². The lowest BCUT2D eigenvalue weighted by atomic mass is 10.1. The Morgan fingerprint density at radius 2 is 2.19 bits per heavy atom. The minimum atomic E-state index is -3.70. The maximum Gasteiger partial charge on any atom is 0.322 e. The highest BCUT2D eigenvalue weighted by Crippen LogP contribution is 2.14. The first-order valence-electron chi connectivity index (χ1n) is 6.69. The van der Waals surface area contributed by atoms with Gasteiger partial charge in [-0.15, -0.1) is 0 Å². The van der Waals surface area contributed by atoms with Crippen LogP contribution in [0.3, 0.4) is 0 Å². The average molecular weight is 314 g/mol. The van der Waals surface area contributed by atoms with Crippen LogP contribution < -0.4 is 4.72 Å². The predicted octanol–water partition coefficient (Wildman–Crippen LogP) is 0.176. The van der Waals surface area contributed by atoms with E-state index in [2.05, 4.69) is 9.71 Å². The van der Waals surface area contributed by atoms with Crippen molar-refractivity contribution in [1.82, 2.24) is 9.71 Å². The number of aliphatic carboxylic acids is 1. The summed E-state index contributed by atoms with van der Waals surface area (Å²) in [7, 11) is -3.70. The summed E-state index contributed by atoms with van der Waals surface area (Å²) in [6, 6.07) is 2.12. The summed E-state index contributed by atoms with van der Waals surface area (Å²) in [5, 5.41) is 9.18. The highest BCUT2D eigenvalue weighted by molar-refractivity contribution is 7.89. The third-order valence-electron chi connectivity index (χ3n) is 3.24. The minimum absolute atomic E-state index is 0.0720. The Labute approximate surface area is 123 Å². The van der Waals surface area contributed by atoms with Crippen molar-refractivity contribution in [3.63, 3.8) is 0 Å². The SMILES string of the molecule is O=C(O)C(Cc1ccncc1)NS(=O)(=O)CC1CCCO1. The molecule has 0 saturated carbocycles. The Morgan fingerprint density at radius 3 is 2.76 bits per heavy atom. The van der Waals surface area contributed by atoms with E-state index in [9.17, 15) is 18.3 Å². The first-order valence-corrected chi connectivity index (χ1v) is 8.35. The molecule has 0 amide bonds. The van der Waals surface area contributed by atoms with Crippen LogP contribution in [-0.2, 0) is 26.0 Å². The molecular formula is C13H18N2O5S. The molecule has 1 aliphatic rings. The fraction of sp³-hybridized carbons (Fsp3) is 0.538. The molecule has 1 fully saturated rings. The molecule has 0 aliphatic carbocycles. The Bertz CT molecular complexity index is 569. The zero-order chi connectivity index (χ0) is 15.3. The van der Waals surface area contributed by atoms with E-state index >= 15 is 0 Å². The Kier molecular flexibility index (Phi) is 5.27. The summed E-state index contributed by atoms with van der Waals surface area (Å²) in [6.07, 6.45) is 4.31. The summed E-state index contributed by atoms with van der Waals surface area (Å²) in [6.45, 7) is 0.555. The van der Waals surface area contributed by atoms with Gasteiger partial charge in [0.05, 0.1) is 11.9 Å². The molecule has 2 N–H and O–H groups in total. The lowest BCUT2D eigenvalue weighted by molar-refractivity contribution is -0.138. The Hall–Kier alpha value is -1.51. The van der Waals surface area contributed by atoms with Crippen LogP contribution in [0.15, 0.2) is 24.5 Å². The number of nitrogens with one attached hydrogen (secondary N) is 1. The Balaban J connectivity index is 2.00. The van der Waals surface area contributed by atoms with Crippen LogP contribution >= 0.6 is 0 Å². The molecule has 2 heterocycles. The summed E-state index contributed by atoms with van der Waals surface area (Å²) in [5.74, 6) is -1.41. The summed E-state index contributed by atoms with van der Waals surface area (Å²) in [5.41, 5.74) is 0.706. The number of carboxylic acid groups (broad SMARTS) is 1. The van der Waals surface area contributed by atoms with Crippen LogP contribution in [0.2, 0.25) is 0 Å². The molecule has 7 nitrogen and oxygen atoms in total. The number of carboxylic acids is 1. The van der Waals surface area contributed by atoms with E-state index in [1.54, 1.807) is 12.1 Å². The highest BCUT2D eigenvalue weighted by Gasteiger charge is 2.28. The van der Waals surface area contributed by atoms with Gasteiger partial charge in [0.2, 0.25) is 10.0 Å². The highest BCUT2D eigenvalue weighted by atomic mass is 32.2. The molecule has 2 atom stereocenters. The van der Waals surface area contributed by atoms with Gasteiger partial charge in [-0.2, -0.15) is 0 Å². The average Bonchev–Trinajstić information content (AvgIpc) is 2.91. The first-order chi connectivity index (χ1) is 9.96. The smallest absolute Gasteiger partial charge is 0.322 e. The number of nitrogens with zero attached hydrogens (tertiary/aromatic N) is 1. The monoisotopic (exact) mass is 314 g/mol. The molecule has 116 valence electrons. The Morgan fingerprint density at radius 1 is 1.48 bits per heavy atom. The van der Waals surface area contributed by atoms with Crippen molar-refractivity contribution in [2.75, 3.05) is 12.4 Å². The van der Waals surface area contributed by atoms with E-state index in [1.807, 2.05) is 0 Å². The van der Waals surface area contributed by atoms with E-state index in [0.29, 0.717) is 18.6 Å². The molecule has 1 aromatic rings. The predicted molar refractivity (Wildman–Crippen MR) is 75.3 cm³/mol. The summed E-state index contributed by atoms with van der Waals surface area (Å²) in [4.78, 5) is 15.1. The van der Waals surface area contributed by atoms with Crippen molar-refractivity contribution in [3.05, 3.63) is 30.1 Å². The van der Waals surface area contributed by atoms with Crippen LogP contribution in [0.5, 0.6) is 0 Å². The second-order valence-corrected chi connectivity index (χ2v) is 6.78. The van der Waals surface area contributed by atoms with Gasteiger partial charge in [-0.05, 0) is 37.0 Å². The molecule has 0 aromatic carbocycles. The van der Waals surface area contributed by atoms with E-state index < -0.39 is 22.0 Å². The third kappa shape index (κ3) is 5.07. The van der Waals surface area contributed by atoms with Crippen LogP contribution in [0.1, 0.15) is 18.4 Å². The first kappa shape index (κ1) is 15.9. The maximum atomic E-state index is 12.0. The molecule has 2 unspecified atom stereocenters. The van der Waals surface area contributed by atoms with E-state index in [-0.39, 0.29) is 18.3 Å². The summed E-state index contributed by atoms with van der Waals surface area (Å²) < 4.78 is 31.6. The number of pyridine rings is 1. The van der Waals surface area contributed by atoms with Gasteiger partial charge in [0.15, 0.2) is 0 Å². The zero-order valence-electron chi connectivity index (χ0n) is 11.4. The topological polar surface area (TPSA) is 106 Å². The fourth-order valence-electron chi connectivity index (χ4n) is 2.22. The van der Waals surface area contributed by atoms with Gasteiger partial charge in [-0.3, -0.25) is 9.78 Å². The molecule has 8 heteroatoms. The third-order valence-corrected chi connectivity index (χ3v) is 4.69. The standard InChI is InChI=1S/C13H18N2O5S/c16-13(17)12(8-10-3-5-14-6-4-10)15-21(18,19)9-11-2-1-7-20-11/h3-6,11-12,15H,1-2,7-9H2,(H,16,17). The number of ether oxygens (including phenoxy) is 1. The molecule has 0 radical (unpaired) electrons. The van der Waals surface area contributed by atoms with Crippen LogP contribution in [0.4, 0.5) is 0 Å². The number of carbonyl (C=O) groups is 1. The van der Waals surface area contributed by atoms with Gasteiger partial charge in [-0.25, -0.2) is 13.1 Å². The van der Waals surface area contributed by atoms with Crippen LogP contribution in [0, 0.1) is 0 Å².